The molecule has 0 amide bonds. The van der Waals surface area contributed by atoms with E-state index in [2.05, 4.69) is 0 Å². The fraction of sp³-hybridized carbons (Fsp3) is 0.143. The van der Waals surface area contributed by atoms with Gasteiger partial charge in [-0.3, -0.25) is 0 Å². The van der Waals surface area contributed by atoms with Crippen LogP contribution in [0.5, 0.6) is 5.75 Å². The molecule has 72 valence electrons. The topological polar surface area (TPSA) is 9.23 Å². The van der Waals surface area contributed by atoms with Gasteiger partial charge in [0.25, 0.3) is 0 Å². The van der Waals surface area contributed by atoms with Crippen LogP contribution in [0, 0.1) is 0 Å². The second kappa shape index (κ2) is 4.33. The maximum absolute atomic E-state index is 5.75. The van der Waals surface area contributed by atoms with Crippen LogP contribution < -0.4 is 4.74 Å². The van der Waals surface area contributed by atoms with Gasteiger partial charge in [-0.2, -0.15) is 0 Å². The van der Waals surface area contributed by atoms with E-state index in [1.807, 2.05) is 0 Å². The lowest BCUT2D eigenvalue weighted by atomic mass is 10.3. The third kappa shape index (κ3) is 4.01. The van der Waals surface area contributed by atoms with Gasteiger partial charge in [0, 0.05) is 5.02 Å². The molecular weight excluding hydrogens is 277 g/mol. The largest absolute Gasteiger partial charge is 0.444 e. The van der Waals surface area contributed by atoms with Crippen LogP contribution in [0.3, 0.4) is 0 Å². The van der Waals surface area contributed by atoms with Crippen molar-refractivity contribution in [3.63, 3.8) is 0 Å². The molecule has 0 N–H and O–H groups in total. The zero-order chi connectivity index (χ0) is 10.1. The second-order valence-electron chi connectivity index (χ2n) is 2.12. The molecule has 1 rings (SSSR count). The Labute approximate surface area is 100 Å². The van der Waals surface area contributed by atoms with E-state index < -0.39 is 3.98 Å². The lowest BCUT2D eigenvalue weighted by Gasteiger charge is -2.14. The summed E-state index contributed by atoms with van der Waals surface area (Å²) in [4.78, 5) is 0. The molecule has 0 unspecified atom stereocenters. The molecule has 0 aromatic heterocycles. The summed E-state index contributed by atoms with van der Waals surface area (Å²) in [6.45, 7) is 0. The maximum atomic E-state index is 5.75. The maximum Gasteiger partial charge on any atom is 0.338 e. The molecule has 0 aliphatic heterocycles. The molecule has 13 heavy (non-hydrogen) atoms. The van der Waals surface area contributed by atoms with Crippen LogP contribution in [0.15, 0.2) is 18.2 Å². The summed E-state index contributed by atoms with van der Waals surface area (Å²) in [6.07, 6.45) is 0. The summed E-state index contributed by atoms with van der Waals surface area (Å²) in [5.41, 5.74) is 0. The van der Waals surface area contributed by atoms with Gasteiger partial charge in [-0.05, 0) is 53.0 Å². The van der Waals surface area contributed by atoms with Gasteiger partial charge < -0.3 is 4.74 Å². The van der Waals surface area contributed by atoms with Crippen molar-refractivity contribution in [2.24, 2.45) is 0 Å². The van der Waals surface area contributed by atoms with Gasteiger partial charge >= 0.3 is 3.98 Å². The molecule has 0 heterocycles. The van der Waals surface area contributed by atoms with E-state index in [-0.39, 0.29) is 5.75 Å². The molecule has 0 spiro atoms. The zero-order valence-electron chi connectivity index (χ0n) is 6.03. The predicted octanol–water partition coefficient (Wildman–Crippen LogP) is 4.70. The molecule has 6 heteroatoms. The van der Waals surface area contributed by atoms with E-state index >= 15 is 0 Å². The van der Waals surface area contributed by atoms with E-state index in [0.29, 0.717) is 10.0 Å². The zero-order valence-corrected chi connectivity index (χ0v) is 9.81. The number of benzene rings is 1. The van der Waals surface area contributed by atoms with Crippen LogP contribution in [-0.4, -0.2) is 3.98 Å². The van der Waals surface area contributed by atoms with Crippen molar-refractivity contribution >= 4 is 58.0 Å². The molecule has 0 saturated heterocycles. The van der Waals surface area contributed by atoms with Gasteiger partial charge in [-0.25, -0.2) is 0 Å². The average molecular weight is 280 g/mol. The van der Waals surface area contributed by atoms with Crippen LogP contribution in [0.25, 0.3) is 0 Å². The number of halogens is 5. The van der Waals surface area contributed by atoms with E-state index in [1.54, 1.807) is 6.07 Å². The van der Waals surface area contributed by atoms with Gasteiger partial charge in [0.2, 0.25) is 0 Å². The summed E-state index contributed by atoms with van der Waals surface area (Å²) in [7, 11) is 0. The van der Waals surface area contributed by atoms with Crippen molar-refractivity contribution < 1.29 is 4.74 Å². The van der Waals surface area contributed by atoms with Crippen molar-refractivity contribution in [3.05, 3.63) is 28.2 Å². The molecule has 1 nitrogen and oxygen atoms in total. The highest BCUT2D eigenvalue weighted by atomic mass is 35.6. The lowest BCUT2D eigenvalue weighted by Crippen LogP contribution is -2.12. The molecule has 0 saturated carbocycles. The minimum atomic E-state index is -1.82. The Morgan fingerprint density at radius 1 is 1.08 bits per heavy atom. The summed E-state index contributed by atoms with van der Waals surface area (Å²) in [6, 6.07) is 4.60. The first kappa shape index (κ1) is 11.5. The highest BCUT2D eigenvalue weighted by Crippen LogP contribution is 2.35. The molecule has 1 aromatic rings. The van der Waals surface area contributed by atoms with Gasteiger partial charge in [0.15, 0.2) is 0 Å². The summed E-state index contributed by atoms with van der Waals surface area (Å²) in [5, 5.41) is 0.778. The van der Waals surface area contributed by atoms with Gasteiger partial charge in [-0.1, -0.05) is 23.2 Å². The van der Waals surface area contributed by atoms with E-state index in [0.717, 1.165) is 0 Å². The van der Waals surface area contributed by atoms with Crippen LogP contribution in [0.2, 0.25) is 10.0 Å². The SMILES string of the molecule is Clc1ccc(OC(Cl)(Cl)Cl)c(Cl)c1. The lowest BCUT2D eigenvalue weighted by molar-refractivity contribution is 0.320. The number of rotatable bonds is 1. The van der Waals surface area contributed by atoms with Crippen LogP contribution in [-0.2, 0) is 0 Å². The summed E-state index contributed by atoms with van der Waals surface area (Å²) < 4.78 is 3.07. The minimum Gasteiger partial charge on any atom is -0.444 e. The average Bonchev–Trinajstić information content (AvgIpc) is 1.93. The highest BCUT2D eigenvalue weighted by Gasteiger charge is 2.22. The Bertz CT molecular complexity index is 306. The third-order valence-electron chi connectivity index (χ3n) is 1.12. The van der Waals surface area contributed by atoms with Crippen LogP contribution in [0.1, 0.15) is 0 Å². The first-order valence-corrected chi connectivity index (χ1v) is 4.98. The van der Waals surface area contributed by atoms with Crippen molar-refractivity contribution in [1.82, 2.24) is 0 Å². The van der Waals surface area contributed by atoms with Crippen molar-refractivity contribution in [3.8, 4) is 5.75 Å². The van der Waals surface area contributed by atoms with Gasteiger partial charge in [-0.15, -0.1) is 0 Å². The monoisotopic (exact) mass is 278 g/mol. The number of hydrogen-bond donors (Lipinski definition) is 0. The van der Waals surface area contributed by atoms with E-state index in [1.165, 1.54) is 12.1 Å². The van der Waals surface area contributed by atoms with E-state index in [4.69, 9.17) is 62.7 Å². The van der Waals surface area contributed by atoms with E-state index in [9.17, 15) is 0 Å². The normalized spacial score (nSPS) is 11.5. The smallest absolute Gasteiger partial charge is 0.338 e. The first-order chi connectivity index (χ1) is 5.88. The molecule has 0 bridgehead atoms. The Kier molecular flexibility index (Phi) is 3.84. The number of hydrogen-bond acceptors (Lipinski definition) is 1. The van der Waals surface area contributed by atoms with Crippen molar-refractivity contribution in [2.45, 2.75) is 3.98 Å². The van der Waals surface area contributed by atoms with Crippen LogP contribution in [0.4, 0.5) is 0 Å². The summed E-state index contributed by atoms with van der Waals surface area (Å²) in [5.74, 6) is 0.270. The standard InChI is InChI=1S/C7H3Cl5O/c8-4-1-2-6(5(9)3-4)13-7(10,11)12/h1-3H. The predicted molar refractivity (Wildman–Crippen MR) is 57.4 cm³/mol. The van der Waals surface area contributed by atoms with Crippen molar-refractivity contribution in [1.29, 1.82) is 0 Å². The molecule has 0 aliphatic rings. The molecule has 0 fully saturated rings. The molecule has 0 radical (unpaired) electrons. The Morgan fingerprint density at radius 2 is 1.69 bits per heavy atom. The fourth-order valence-corrected chi connectivity index (χ4v) is 1.38. The highest BCUT2D eigenvalue weighted by molar-refractivity contribution is 6.66. The molecule has 1 aromatic carbocycles. The Hall–Kier alpha value is 0.470. The molecule has 0 atom stereocenters. The van der Waals surface area contributed by atoms with Gasteiger partial charge in [0.05, 0.1) is 5.02 Å². The fourth-order valence-electron chi connectivity index (χ4n) is 0.683. The molecular formula is C7H3Cl5O. The summed E-state index contributed by atoms with van der Waals surface area (Å²) >= 11 is 27.6. The minimum absolute atomic E-state index is 0.270. The van der Waals surface area contributed by atoms with Crippen LogP contribution >= 0.6 is 58.0 Å². The third-order valence-corrected chi connectivity index (χ3v) is 1.88. The quantitative estimate of drug-likeness (QED) is 0.677. The number of ether oxygens (including phenoxy) is 1. The first-order valence-electron chi connectivity index (χ1n) is 3.09. The molecule has 0 aliphatic carbocycles. The second-order valence-corrected chi connectivity index (χ2v) is 5.14. The Morgan fingerprint density at radius 3 is 2.15 bits per heavy atom. The van der Waals surface area contributed by atoms with Gasteiger partial charge in [0.1, 0.15) is 5.75 Å². The van der Waals surface area contributed by atoms with Crippen molar-refractivity contribution in [2.75, 3.05) is 0 Å². The Balaban J connectivity index is 2.90. The number of alkyl halides is 3.